The van der Waals surface area contributed by atoms with Crippen molar-refractivity contribution in [3.8, 4) is 5.75 Å². The van der Waals surface area contributed by atoms with Gasteiger partial charge >= 0.3 is 0 Å². The highest BCUT2D eigenvalue weighted by molar-refractivity contribution is 9.10. The molecule has 1 fully saturated rings. The summed E-state index contributed by atoms with van der Waals surface area (Å²) in [6, 6.07) is 8.58. The first kappa shape index (κ1) is 15.8. The van der Waals surface area contributed by atoms with Gasteiger partial charge in [0.05, 0.1) is 13.2 Å². The van der Waals surface area contributed by atoms with Crippen LogP contribution >= 0.6 is 15.9 Å². The summed E-state index contributed by atoms with van der Waals surface area (Å²) >= 11 is 3.46. The van der Waals surface area contributed by atoms with Crippen LogP contribution in [0.25, 0.3) is 0 Å². The molecule has 112 valence electrons. The van der Waals surface area contributed by atoms with Crippen molar-refractivity contribution in [3.63, 3.8) is 0 Å². The molecule has 2 unspecified atom stereocenters. The maximum absolute atomic E-state index is 5.83. The molecule has 1 aliphatic rings. The molecule has 2 rings (SSSR count). The summed E-state index contributed by atoms with van der Waals surface area (Å²) in [5, 5.41) is 3.64. The minimum Gasteiger partial charge on any atom is -0.494 e. The molecule has 4 heteroatoms. The van der Waals surface area contributed by atoms with Gasteiger partial charge in [-0.1, -0.05) is 28.9 Å². The van der Waals surface area contributed by atoms with Gasteiger partial charge < -0.3 is 14.8 Å². The van der Waals surface area contributed by atoms with Crippen LogP contribution in [-0.2, 0) is 4.74 Å². The lowest BCUT2D eigenvalue weighted by atomic mass is 9.93. The van der Waals surface area contributed by atoms with Crippen LogP contribution in [0.4, 0.5) is 0 Å². The standard InChI is InChI=1S/C16H24BrNO2/c1-2-8-18-16-7-9-19-12-13(16)6-10-20-15-5-3-4-14(17)11-15/h3-5,11,13,16,18H,2,6-10,12H2,1H3. The Morgan fingerprint density at radius 3 is 3.15 bits per heavy atom. The Kier molecular flexibility index (Phi) is 6.83. The highest BCUT2D eigenvalue weighted by Gasteiger charge is 2.24. The number of hydrogen-bond acceptors (Lipinski definition) is 3. The molecule has 0 saturated carbocycles. The van der Waals surface area contributed by atoms with E-state index in [0.717, 1.165) is 49.4 Å². The number of halogens is 1. The Hall–Kier alpha value is -0.580. The Morgan fingerprint density at radius 1 is 1.45 bits per heavy atom. The molecule has 1 saturated heterocycles. The van der Waals surface area contributed by atoms with Crippen LogP contribution in [0, 0.1) is 5.92 Å². The fraction of sp³-hybridized carbons (Fsp3) is 0.625. The normalized spacial score (nSPS) is 22.7. The first-order valence-corrected chi connectivity index (χ1v) is 8.28. The smallest absolute Gasteiger partial charge is 0.120 e. The predicted octanol–water partition coefficient (Wildman–Crippen LogP) is 3.62. The minimum atomic E-state index is 0.558. The Morgan fingerprint density at radius 2 is 2.35 bits per heavy atom. The molecule has 1 aliphatic heterocycles. The zero-order valence-electron chi connectivity index (χ0n) is 12.1. The van der Waals surface area contributed by atoms with E-state index in [1.165, 1.54) is 6.42 Å². The van der Waals surface area contributed by atoms with E-state index >= 15 is 0 Å². The van der Waals surface area contributed by atoms with Crippen LogP contribution in [0.5, 0.6) is 5.75 Å². The van der Waals surface area contributed by atoms with Crippen LogP contribution < -0.4 is 10.1 Å². The van der Waals surface area contributed by atoms with Crippen molar-refractivity contribution in [1.82, 2.24) is 5.32 Å². The molecule has 3 nitrogen and oxygen atoms in total. The van der Waals surface area contributed by atoms with Gasteiger partial charge in [0.2, 0.25) is 0 Å². The predicted molar refractivity (Wildman–Crippen MR) is 85.3 cm³/mol. The monoisotopic (exact) mass is 341 g/mol. The maximum atomic E-state index is 5.83. The first-order chi connectivity index (χ1) is 9.79. The molecule has 0 aliphatic carbocycles. The Labute approximate surface area is 130 Å². The topological polar surface area (TPSA) is 30.5 Å². The summed E-state index contributed by atoms with van der Waals surface area (Å²) in [5.74, 6) is 1.48. The van der Waals surface area contributed by atoms with E-state index in [-0.39, 0.29) is 0 Å². The summed E-state index contributed by atoms with van der Waals surface area (Å²) < 4.78 is 12.5. The van der Waals surface area contributed by atoms with Gasteiger partial charge in [-0.05, 0) is 44.0 Å². The average Bonchev–Trinajstić information content (AvgIpc) is 2.46. The van der Waals surface area contributed by atoms with Gasteiger partial charge in [-0.25, -0.2) is 0 Å². The van der Waals surface area contributed by atoms with E-state index < -0.39 is 0 Å². The molecule has 0 spiro atoms. The summed E-state index contributed by atoms with van der Waals surface area (Å²) in [7, 11) is 0. The lowest BCUT2D eigenvalue weighted by molar-refractivity contribution is 0.0237. The van der Waals surface area contributed by atoms with E-state index in [4.69, 9.17) is 9.47 Å². The van der Waals surface area contributed by atoms with Crippen molar-refractivity contribution >= 4 is 15.9 Å². The van der Waals surface area contributed by atoms with E-state index in [0.29, 0.717) is 12.0 Å². The van der Waals surface area contributed by atoms with Gasteiger partial charge in [0.25, 0.3) is 0 Å². The first-order valence-electron chi connectivity index (χ1n) is 7.49. The molecular weight excluding hydrogens is 318 g/mol. The molecule has 0 bridgehead atoms. The third kappa shape index (κ3) is 5.08. The highest BCUT2D eigenvalue weighted by atomic mass is 79.9. The summed E-state index contributed by atoms with van der Waals surface area (Å²) in [6.45, 7) is 5.77. The fourth-order valence-corrected chi connectivity index (χ4v) is 2.94. The molecular formula is C16H24BrNO2. The number of rotatable bonds is 7. The second-order valence-electron chi connectivity index (χ2n) is 5.28. The lowest BCUT2D eigenvalue weighted by Gasteiger charge is -2.32. The lowest BCUT2D eigenvalue weighted by Crippen LogP contribution is -2.43. The molecule has 1 aromatic rings. The molecule has 1 heterocycles. The second kappa shape index (κ2) is 8.65. The number of benzene rings is 1. The SMILES string of the molecule is CCCNC1CCOCC1CCOc1cccc(Br)c1. The van der Waals surface area contributed by atoms with Gasteiger partial charge in [-0.2, -0.15) is 0 Å². The van der Waals surface area contributed by atoms with Gasteiger partial charge in [0.1, 0.15) is 5.75 Å². The van der Waals surface area contributed by atoms with Gasteiger partial charge in [0.15, 0.2) is 0 Å². The van der Waals surface area contributed by atoms with E-state index in [9.17, 15) is 0 Å². The fourth-order valence-electron chi connectivity index (χ4n) is 2.56. The maximum Gasteiger partial charge on any atom is 0.120 e. The average molecular weight is 342 g/mol. The third-order valence-electron chi connectivity index (χ3n) is 3.68. The summed E-state index contributed by atoms with van der Waals surface area (Å²) in [6.07, 6.45) is 3.33. The summed E-state index contributed by atoms with van der Waals surface area (Å²) in [4.78, 5) is 0. The number of ether oxygens (including phenoxy) is 2. The number of hydrogen-bond donors (Lipinski definition) is 1. The van der Waals surface area contributed by atoms with Crippen molar-refractivity contribution in [3.05, 3.63) is 28.7 Å². The molecule has 1 aromatic carbocycles. The largest absolute Gasteiger partial charge is 0.494 e. The summed E-state index contributed by atoms with van der Waals surface area (Å²) in [5.41, 5.74) is 0. The second-order valence-corrected chi connectivity index (χ2v) is 6.19. The molecule has 20 heavy (non-hydrogen) atoms. The van der Waals surface area contributed by atoms with Crippen molar-refractivity contribution in [2.75, 3.05) is 26.4 Å². The van der Waals surface area contributed by atoms with Gasteiger partial charge in [-0.15, -0.1) is 0 Å². The van der Waals surface area contributed by atoms with Crippen molar-refractivity contribution < 1.29 is 9.47 Å². The Balaban J connectivity index is 1.76. The minimum absolute atomic E-state index is 0.558. The molecule has 0 radical (unpaired) electrons. The quantitative estimate of drug-likeness (QED) is 0.821. The number of nitrogens with one attached hydrogen (secondary N) is 1. The van der Waals surface area contributed by atoms with Gasteiger partial charge in [0, 0.05) is 23.0 Å². The third-order valence-corrected chi connectivity index (χ3v) is 4.18. The van der Waals surface area contributed by atoms with Crippen molar-refractivity contribution in [2.45, 2.75) is 32.2 Å². The van der Waals surface area contributed by atoms with Crippen LogP contribution in [0.15, 0.2) is 28.7 Å². The molecule has 0 amide bonds. The van der Waals surface area contributed by atoms with Crippen molar-refractivity contribution in [1.29, 1.82) is 0 Å². The highest BCUT2D eigenvalue weighted by Crippen LogP contribution is 2.21. The zero-order valence-corrected chi connectivity index (χ0v) is 13.7. The van der Waals surface area contributed by atoms with E-state index in [1.54, 1.807) is 0 Å². The zero-order chi connectivity index (χ0) is 14.2. The van der Waals surface area contributed by atoms with Crippen molar-refractivity contribution in [2.24, 2.45) is 5.92 Å². The van der Waals surface area contributed by atoms with Crippen LogP contribution in [0.3, 0.4) is 0 Å². The van der Waals surface area contributed by atoms with Crippen LogP contribution in [0.2, 0.25) is 0 Å². The van der Waals surface area contributed by atoms with Gasteiger partial charge in [-0.3, -0.25) is 0 Å². The Bertz CT molecular complexity index is 400. The van der Waals surface area contributed by atoms with Crippen LogP contribution in [-0.4, -0.2) is 32.4 Å². The van der Waals surface area contributed by atoms with E-state index in [1.807, 2.05) is 24.3 Å². The van der Waals surface area contributed by atoms with Crippen LogP contribution in [0.1, 0.15) is 26.2 Å². The van der Waals surface area contributed by atoms with E-state index in [2.05, 4.69) is 28.2 Å². The molecule has 2 atom stereocenters. The molecule has 0 aromatic heterocycles. The molecule has 1 N–H and O–H groups in total.